The second kappa shape index (κ2) is 10.0. The van der Waals surface area contributed by atoms with E-state index in [9.17, 15) is 0 Å². The van der Waals surface area contributed by atoms with Crippen molar-refractivity contribution in [3.05, 3.63) is 36.4 Å². The molecule has 0 atom stereocenters. The zero-order valence-electron chi connectivity index (χ0n) is 14.6. The largest absolute Gasteiger partial charge is 0.395 e. The Hall–Kier alpha value is -0.970. The van der Waals surface area contributed by atoms with E-state index in [0.29, 0.717) is 32.2 Å². The number of aliphatic hydroxyl groups is 2. The van der Waals surface area contributed by atoms with Gasteiger partial charge in [-0.2, -0.15) is 0 Å². The van der Waals surface area contributed by atoms with Gasteiger partial charge in [0, 0.05) is 43.9 Å². The van der Waals surface area contributed by atoms with Gasteiger partial charge in [-0.1, -0.05) is 0 Å². The van der Waals surface area contributed by atoms with Crippen LogP contribution < -0.4 is 0 Å². The molecule has 0 amide bonds. The summed E-state index contributed by atoms with van der Waals surface area (Å²) < 4.78 is 9.66. The molecule has 0 aliphatic heterocycles. The van der Waals surface area contributed by atoms with E-state index < -0.39 is 0 Å². The number of aromatic nitrogens is 4. The minimum absolute atomic E-state index is 0.103. The molecule has 2 rings (SSSR count). The summed E-state index contributed by atoms with van der Waals surface area (Å²) >= 11 is 1.40. The molecule has 2 heterocycles. The van der Waals surface area contributed by atoms with Crippen molar-refractivity contribution in [1.29, 1.82) is 0.594 Å². The number of imidazole rings is 2. The van der Waals surface area contributed by atoms with Crippen molar-refractivity contribution in [1.82, 2.24) is 24.0 Å². The van der Waals surface area contributed by atoms with Crippen molar-refractivity contribution in [3.63, 3.8) is 0 Å². The van der Waals surface area contributed by atoms with E-state index >= 15 is 0 Å². The van der Waals surface area contributed by atoms with Gasteiger partial charge >= 0.3 is 0 Å². The van der Waals surface area contributed by atoms with Crippen molar-refractivity contribution < 1.29 is 10.2 Å². The highest BCUT2D eigenvalue weighted by molar-refractivity contribution is 14.0. The zero-order chi connectivity index (χ0) is 17.9. The van der Waals surface area contributed by atoms with Crippen LogP contribution in [-0.4, -0.2) is 54.1 Å². The highest BCUT2D eigenvalue weighted by Gasteiger charge is 2.16. The Kier molecular flexibility index (Phi) is 8.00. The molecule has 7 nitrogen and oxygen atoms in total. The fourth-order valence-electron chi connectivity index (χ4n) is 2.39. The highest BCUT2D eigenvalue weighted by Crippen LogP contribution is 2.12. The second-order valence-corrected chi connectivity index (χ2v) is 5.52. The Balaban J connectivity index is 0.00000139. The summed E-state index contributed by atoms with van der Waals surface area (Å²) in [5.74, 6) is 1.87. The van der Waals surface area contributed by atoms with E-state index in [1.807, 2.05) is 21.5 Å². The van der Waals surface area contributed by atoms with Crippen LogP contribution in [0.15, 0.2) is 24.8 Å². The zero-order valence-corrected chi connectivity index (χ0v) is 15.8. The molecule has 0 bridgehead atoms. The average molecular weight is 436 g/mol. The SMILES string of the molecule is CC(C)N(Cc1nccn1CCO)Cc1nccn1CCO.[2H]I. The first-order chi connectivity index (χ1) is 11.7. The smallest absolute Gasteiger partial charge is 0.122 e. The van der Waals surface area contributed by atoms with Gasteiger partial charge in [-0.05, 0) is 13.8 Å². The minimum atomic E-state index is 0.103. The first kappa shape index (κ1) is 18.4. The third kappa shape index (κ3) is 5.55. The van der Waals surface area contributed by atoms with Gasteiger partial charge < -0.3 is 19.3 Å². The summed E-state index contributed by atoms with van der Waals surface area (Å²) in [6, 6.07) is 0.332. The van der Waals surface area contributed by atoms with Gasteiger partial charge in [0.25, 0.3) is 0 Å². The first-order valence-corrected chi connectivity index (χ1v) is 7.61. The van der Waals surface area contributed by atoms with Gasteiger partial charge in [0.2, 0.25) is 0 Å². The monoisotopic (exact) mass is 436 g/mol. The van der Waals surface area contributed by atoms with Crippen LogP contribution in [0.25, 0.3) is 0 Å². The number of nitrogens with zero attached hydrogens (tertiary/aromatic N) is 5. The maximum absolute atomic E-state index is 9.11. The lowest BCUT2D eigenvalue weighted by atomic mass is 10.3. The molecule has 0 saturated heterocycles. The van der Waals surface area contributed by atoms with Crippen LogP contribution in [0.2, 0.25) is 0 Å². The summed E-state index contributed by atoms with van der Waals surface area (Å²) in [6.45, 7) is 6.98. The van der Waals surface area contributed by atoms with Crippen LogP contribution in [-0.2, 0) is 26.2 Å². The number of aliphatic hydroxyl groups excluding tert-OH is 2. The third-order valence-corrected chi connectivity index (χ3v) is 3.70. The summed E-state index contributed by atoms with van der Waals surface area (Å²) in [5, 5.41) is 18.2. The second-order valence-electron chi connectivity index (χ2n) is 5.52. The van der Waals surface area contributed by atoms with Crippen LogP contribution in [0.3, 0.4) is 0 Å². The van der Waals surface area contributed by atoms with Gasteiger partial charge in [0.1, 0.15) is 12.2 Å². The molecule has 130 valence electrons. The van der Waals surface area contributed by atoms with Crippen LogP contribution in [0.1, 0.15) is 25.5 Å². The van der Waals surface area contributed by atoms with Gasteiger partial charge in [0.05, 0.1) is 26.3 Å². The molecule has 2 aromatic heterocycles. The van der Waals surface area contributed by atoms with E-state index in [0.717, 1.165) is 11.6 Å². The number of halogens is 1. The predicted molar refractivity (Wildman–Crippen MR) is 98.4 cm³/mol. The molecule has 0 spiro atoms. The van der Waals surface area contributed by atoms with Crippen LogP contribution in [0.5, 0.6) is 0 Å². The maximum Gasteiger partial charge on any atom is 0.122 e. The van der Waals surface area contributed by atoms with E-state index in [4.69, 9.17) is 10.8 Å². The Morgan fingerprint density at radius 1 is 1.04 bits per heavy atom. The standard InChI is InChI=1S/C15H25N5O2.HI/c1-13(2)20(11-14-16-3-5-18(14)7-9-21)12-15-17-4-6-19(15)8-10-22;/h3-6,13,21-22H,7-12H2,1-2H3;1H/i/hD. The van der Waals surface area contributed by atoms with Crippen molar-refractivity contribution in [3.8, 4) is 0 Å². The molecule has 0 radical (unpaired) electrons. The Bertz CT molecular complexity index is 529. The minimum Gasteiger partial charge on any atom is -0.395 e. The van der Waals surface area contributed by atoms with Crippen molar-refractivity contribution in [2.24, 2.45) is 0 Å². The topological polar surface area (TPSA) is 79.3 Å². The van der Waals surface area contributed by atoms with Crippen molar-refractivity contribution in [2.75, 3.05) is 13.2 Å². The molecule has 2 aromatic rings. The molecule has 0 aromatic carbocycles. The van der Waals surface area contributed by atoms with E-state index in [1.165, 1.54) is 23.8 Å². The summed E-state index contributed by atoms with van der Waals surface area (Å²) in [6.07, 6.45) is 7.29. The van der Waals surface area contributed by atoms with Crippen molar-refractivity contribution >= 4 is 23.8 Å². The van der Waals surface area contributed by atoms with Gasteiger partial charge in [0.15, 0.2) is 0 Å². The first-order valence-electron chi connectivity index (χ1n) is 7.99. The summed E-state index contributed by atoms with van der Waals surface area (Å²) in [4.78, 5) is 11.0. The number of rotatable bonds is 9. The molecule has 0 unspecified atom stereocenters. The molecule has 2 N–H and O–H groups in total. The Morgan fingerprint density at radius 2 is 1.48 bits per heavy atom. The maximum atomic E-state index is 9.11. The Morgan fingerprint density at radius 3 is 1.83 bits per heavy atom. The van der Waals surface area contributed by atoms with Crippen molar-refractivity contribution in [2.45, 2.75) is 46.1 Å². The summed E-state index contributed by atoms with van der Waals surface area (Å²) in [7, 11) is 0. The Labute approximate surface area is 154 Å². The molecule has 0 fully saturated rings. The normalized spacial score (nSPS) is 11.5. The summed E-state index contributed by atoms with van der Waals surface area (Å²) in [5.41, 5.74) is 0. The average Bonchev–Trinajstić information content (AvgIpc) is 3.19. The van der Waals surface area contributed by atoms with Gasteiger partial charge in [-0.25, -0.2) is 9.97 Å². The molecule has 23 heavy (non-hydrogen) atoms. The molecule has 8 heteroatoms. The van der Waals surface area contributed by atoms with E-state index in [1.54, 1.807) is 12.4 Å². The molecule has 0 aliphatic carbocycles. The van der Waals surface area contributed by atoms with Gasteiger partial charge in [-0.15, -0.1) is 23.8 Å². The quantitative estimate of drug-likeness (QED) is 0.576. The predicted octanol–water partition coefficient (Wildman–Crippen LogP) is 1.09. The van der Waals surface area contributed by atoms with Crippen LogP contribution in [0.4, 0.5) is 0 Å². The third-order valence-electron chi connectivity index (χ3n) is 3.70. The highest BCUT2D eigenvalue weighted by atomic mass is 127. The molecular weight excluding hydrogens is 409 g/mol. The van der Waals surface area contributed by atoms with Crippen LogP contribution >= 0.6 is 23.8 Å². The lowest BCUT2D eigenvalue weighted by Gasteiger charge is -2.26. The lowest BCUT2D eigenvalue weighted by molar-refractivity contribution is 0.184. The van der Waals surface area contributed by atoms with Gasteiger partial charge in [-0.3, -0.25) is 4.90 Å². The number of hydrogen-bond acceptors (Lipinski definition) is 5. The lowest BCUT2D eigenvalue weighted by Crippen LogP contribution is -2.32. The fourth-order valence-corrected chi connectivity index (χ4v) is 2.39. The van der Waals surface area contributed by atoms with E-state index in [2.05, 4.69) is 28.7 Å². The van der Waals surface area contributed by atoms with E-state index in [-0.39, 0.29) is 13.2 Å². The molecule has 0 saturated carbocycles. The fraction of sp³-hybridized carbons (Fsp3) is 0.600. The molecule has 0 aliphatic rings. The van der Waals surface area contributed by atoms with Crippen LogP contribution in [0, 0.1) is 0 Å². The molecular formula is C15H26IN5O2. The number of hydrogen-bond donors (Lipinski definition) is 2.